The van der Waals surface area contributed by atoms with Crippen molar-refractivity contribution in [3.05, 3.63) is 63.6 Å². The number of rotatable bonds is 6. The number of nitrogens with zero attached hydrogens (tertiary/aromatic N) is 1. The maximum absolute atomic E-state index is 12.9. The number of fused-ring (bicyclic) bond motifs is 1. The van der Waals surface area contributed by atoms with Gasteiger partial charge >= 0.3 is 6.03 Å². The number of nitrogens with one attached hydrogen (secondary N) is 2. The summed E-state index contributed by atoms with van der Waals surface area (Å²) in [5.41, 5.74) is 1.00. The lowest BCUT2D eigenvalue weighted by Gasteiger charge is -2.36. The van der Waals surface area contributed by atoms with E-state index in [1.165, 1.54) is 7.05 Å². The quantitative estimate of drug-likeness (QED) is 0.632. The molecular formula is C20H22BrN3O4. The molecule has 1 aliphatic rings. The van der Waals surface area contributed by atoms with Gasteiger partial charge in [-0.1, -0.05) is 28.1 Å². The molecule has 0 aliphatic carbocycles. The van der Waals surface area contributed by atoms with Gasteiger partial charge < -0.3 is 25.4 Å². The predicted molar refractivity (Wildman–Crippen MR) is 108 cm³/mol. The number of hydrogen-bond acceptors (Lipinski definition) is 4. The van der Waals surface area contributed by atoms with Crippen LogP contribution in [0.5, 0.6) is 5.75 Å². The minimum absolute atomic E-state index is 0.119. The first-order valence-electron chi connectivity index (χ1n) is 8.75. The highest BCUT2D eigenvalue weighted by atomic mass is 79.9. The second-order valence-corrected chi connectivity index (χ2v) is 7.55. The molecule has 7 nitrogen and oxygen atoms in total. The number of halogens is 1. The van der Waals surface area contributed by atoms with Crippen LogP contribution in [-0.4, -0.2) is 49.3 Å². The fourth-order valence-corrected chi connectivity index (χ4v) is 3.63. The van der Waals surface area contributed by atoms with Gasteiger partial charge in [0, 0.05) is 23.6 Å². The lowest BCUT2D eigenvalue weighted by atomic mass is 9.90. The Balaban J connectivity index is 1.94. The van der Waals surface area contributed by atoms with E-state index in [2.05, 4.69) is 26.6 Å². The molecule has 0 radical (unpaired) electrons. The summed E-state index contributed by atoms with van der Waals surface area (Å²) in [5.74, 6) is 0.532. The van der Waals surface area contributed by atoms with Crippen LogP contribution in [0, 0.1) is 0 Å². The summed E-state index contributed by atoms with van der Waals surface area (Å²) in [6, 6.07) is 12.2. The second-order valence-electron chi connectivity index (χ2n) is 6.64. The Morgan fingerprint density at radius 2 is 2.00 bits per heavy atom. The van der Waals surface area contributed by atoms with Gasteiger partial charge in [0.15, 0.2) is 0 Å². The Bertz CT molecular complexity index is 888. The summed E-state index contributed by atoms with van der Waals surface area (Å²) >= 11 is 3.39. The lowest BCUT2D eigenvalue weighted by molar-refractivity contribution is 0.0653. The van der Waals surface area contributed by atoms with Gasteiger partial charge in [0.25, 0.3) is 5.91 Å². The molecule has 0 bridgehead atoms. The van der Waals surface area contributed by atoms with E-state index >= 15 is 0 Å². The molecule has 0 spiro atoms. The summed E-state index contributed by atoms with van der Waals surface area (Å²) in [5, 5.41) is 15.6. The zero-order valence-corrected chi connectivity index (χ0v) is 17.2. The highest BCUT2D eigenvalue weighted by Crippen LogP contribution is 2.31. The Labute approximate surface area is 171 Å². The largest absolute Gasteiger partial charge is 0.497 e. The third-order valence-electron chi connectivity index (χ3n) is 4.90. The van der Waals surface area contributed by atoms with E-state index in [0.29, 0.717) is 23.4 Å². The van der Waals surface area contributed by atoms with Crippen LogP contribution < -0.4 is 15.4 Å². The average molecular weight is 448 g/mol. The van der Waals surface area contributed by atoms with Crippen LogP contribution in [0.25, 0.3) is 0 Å². The van der Waals surface area contributed by atoms with Gasteiger partial charge in [-0.25, -0.2) is 4.79 Å². The number of carbonyl (C=O) groups is 2. The highest BCUT2D eigenvalue weighted by molar-refractivity contribution is 9.10. The van der Waals surface area contributed by atoms with Crippen molar-refractivity contribution in [2.75, 3.05) is 27.3 Å². The van der Waals surface area contributed by atoms with Crippen LogP contribution in [0.3, 0.4) is 0 Å². The number of carbonyl (C=O) groups excluding carboxylic acids is 2. The van der Waals surface area contributed by atoms with E-state index in [9.17, 15) is 14.7 Å². The second kappa shape index (κ2) is 8.20. The maximum atomic E-state index is 12.9. The summed E-state index contributed by atoms with van der Waals surface area (Å²) < 4.78 is 6.11. The molecule has 0 fully saturated rings. The Hall–Kier alpha value is -2.58. The molecule has 8 heteroatoms. The molecule has 1 unspecified atom stereocenters. The molecule has 3 rings (SSSR count). The number of methoxy groups -OCH3 is 1. The van der Waals surface area contributed by atoms with Crippen LogP contribution in [-0.2, 0) is 12.1 Å². The van der Waals surface area contributed by atoms with Crippen molar-refractivity contribution in [3.63, 3.8) is 0 Å². The van der Waals surface area contributed by atoms with Crippen LogP contribution in [0.15, 0.2) is 46.9 Å². The van der Waals surface area contributed by atoms with E-state index < -0.39 is 11.6 Å². The van der Waals surface area contributed by atoms with E-state index in [-0.39, 0.29) is 19.1 Å². The molecule has 148 valence electrons. The number of ether oxygens (including phenoxy) is 1. The predicted octanol–water partition coefficient (Wildman–Crippen LogP) is 2.23. The van der Waals surface area contributed by atoms with Gasteiger partial charge in [0.1, 0.15) is 11.3 Å². The number of amides is 3. The monoisotopic (exact) mass is 447 g/mol. The van der Waals surface area contributed by atoms with Gasteiger partial charge in [0.05, 0.1) is 20.3 Å². The van der Waals surface area contributed by atoms with E-state index in [1.54, 1.807) is 24.1 Å². The SMILES string of the molecule is CNC(=O)NC(CO)(CN1Cc2cc(OC)ccc2C1=O)c1ccc(Br)cc1. The minimum atomic E-state index is -1.15. The topological polar surface area (TPSA) is 90.9 Å². The van der Waals surface area contributed by atoms with Crippen molar-refractivity contribution in [2.24, 2.45) is 0 Å². The molecular weight excluding hydrogens is 426 g/mol. The van der Waals surface area contributed by atoms with Crippen LogP contribution >= 0.6 is 15.9 Å². The zero-order valence-electron chi connectivity index (χ0n) is 15.7. The summed E-state index contributed by atoms with van der Waals surface area (Å²) in [7, 11) is 3.08. The van der Waals surface area contributed by atoms with Crippen molar-refractivity contribution >= 4 is 27.9 Å². The smallest absolute Gasteiger partial charge is 0.315 e. The van der Waals surface area contributed by atoms with Gasteiger partial charge in [0.2, 0.25) is 0 Å². The molecule has 1 heterocycles. The first-order valence-corrected chi connectivity index (χ1v) is 9.54. The van der Waals surface area contributed by atoms with Crippen molar-refractivity contribution in [1.82, 2.24) is 15.5 Å². The average Bonchev–Trinajstić information content (AvgIpc) is 3.02. The minimum Gasteiger partial charge on any atom is -0.497 e. The molecule has 28 heavy (non-hydrogen) atoms. The van der Waals surface area contributed by atoms with Crippen molar-refractivity contribution < 1.29 is 19.4 Å². The molecule has 0 saturated heterocycles. The molecule has 0 saturated carbocycles. The number of hydrogen-bond donors (Lipinski definition) is 3. The zero-order chi connectivity index (χ0) is 20.3. The first-order chi connectivity index (χ1) is 13.4. The Morgan fingerprint density at radius 3 is 2.61 bits per heavy atom. The fourth-order valence-electron chi connectivity index (χ4n) is 3.37. The molecule has 3 N–H and O–H groups in total. The third kappa shape index (κ3) is 3.83. The first kappa shape index (κ1) is 20.2. The van der Waals surface area contributed by atoms with Gasteiger partial charge in [-0.3, -0.25) is 4.79 Å². The standard InChI is InChI=1S/C20H22BrN3O4/c1-22-19(27)23-20(12-25,14-3-5-15(21)6-4-14)11-24-10-13-9-16(28-2)7-8-17(13)18(24)26/h3-9,25H,10-12H2,1-2H3,(H2,22,23,27). The van der Waals surface area contributed by atoms with Crippen molar-refractivity contribution in [1.29, 1.82) is 0 Å². The highest BCUT2D eigenvalue weighted by Gasteiger charge is 2.39. The van der Waals surface area contributed by atoms with Crippen LogP contribution in [0.4, 0.5) is 4.79 Å². The third-order valence-corrected chi connectivity index (χ3v) is 5.43. The maximum Gasteiger partial charge on any atom is 0.315 e. The molecule has 0 aromatic heterocycles. The summed E-state index contributed by atoms with van der Waals surface area (Å²) in [6.45, 7) is 0.124. The normalized spacial score (nSPS) is 15.0. The fraction of sp³-hybridized carbons (Fsp3) is 0.300. The lowest BCUT2D eigenvalue weighted by Crippen LogP contribution is -2.57. The summed E-state index contributed by atoms with van der Waals surface area (Å²) in [4.78, 5) is 26.6. The van der Waals surface area contributed by atoms with Gasteiger partial charge in [-0.15, -0.1) is 0 Å². The molecule has 1 atom stereocenters. The Kier molecular flexibility index (Phi) is 5.90. The van der Waals surface area contributed by atoms with E-state index in [1.807, 2.05) is 30.3 Å². The molecule has 3 amide bonds. The summed E-state index contributed by atoms with van der Waals surface area (Å²) in [6.07, 6.45) is 0. The van der Waals surface area contributed by atoms with E-state index in [0.717, 1.165) is 10.0 Å². The number of urea groups is 1. The van der Waals surface area contributed by atoms with Gasteiger partial charge in [-0.2, -0.15) is 0 Å². The van der Waals surface area contributed by atoms with E-state index in [4.69, 9.17) is 4.74 Å². The van der Waals surface area contributed by atoms with Crippen molar-refractivity contribution in [2.45, 2.75) is 12.1 Å². The molecule has 2 aromatic rings. The van der Waals surface area contributed by atoms with Crippen LogP contribution in [0.2, 0.25) is 0 Å². The van der Waals surface area contributed by atoms with Crippen molar-refractivity contribution in [3.8, 4) is 5.75 Å². The van der Waals surface area contributed by atoms with Crippen LogP contribution in [0.1, 0.15) is 21.5 Å². The number of aliphatic hydroxyl groups excluding tert-OH is 1. The van der Waals surface area contributed by atoms with Gasteiger partial charge in [-0.05, 0) is 41.5 Å². The molecule has 1 aliphatic heterocycles. The Morgan fingerprint density at radius 1 is 1.29 bits per heavy atom. The number of aliphatic hydroxyl groups is 1. The number of benzene rings is 2. The molecule has 2 aromatic carbocycles.